The summed E-state index contributed by atoms with van der Waals surface area (Å²) in [5.41, 5.74) is 0. The van der Waals surface area contributed by atoms with Crippen LogP contribution in [0.25, 0.3) is 0 Å². The van der Waals surface area contributed by atoms with Crippen molar-refractivity contribution >= 4 is 5.91 Å². The van der Waals surface area contributed by atoms with Crippen molar-refractivity contribution in [2.45, 2.75) is 18.6 Å². The molecule has 2 aliphatic heterocycles. The van der Waals surface area contributed by atoms with Gasteiger partial charge in [0.1, 0.15) is 0 Å². The monoisotopic (exact) mass is 201 g/mol. The first-order valence-corrected chi connectivity index (χ1v) is 4.91. The van der Waals surface area contributed by atoms with Crippen molar-refractivity contribution in [2.24, 2.45) is 0 Å². The Morgan fingerprint density at radius 2 is 2.36 bits per heavy atom. The van der Waals surface area contributed by atoms with E-state index in [2.05, 4.69) is 0 Å². The fourth-order valence-corrected chi connectivity index (χ4v) is 1.82. The highest BCUT2D eigenvalue weighted by Crippen LogP contribution is 2.13. The molecule has 0 spiro atoms. The van der Waals surface area contributed by atoms with Gasteiger partial charge in [-0.05, 0) is 0 Å². The van der Waals surface area contributed by atoms with Gasteiger partial charge < -0.3 is 19.5 Å². The summed E-state index contributed by atoms with van der Waals surface area (Å²) in [6.07, 6.45) is -0.293. The molecule has 0 aromatic heterocycles. The van der Waals surface area contributed by atoms with Crippen LogP contribution in [0.3, 0.4) is 0 Å². The highest BCUT2D eigenvalue weighted by molar-refractivity contribution is 5.79. The summed E-state index contributed by atoms with van der Waals surface area (Å²) in [7, 11) is 0. The Morgan fingerprint density at radius 3 is 2.93 bits per heavy atom. The van der Waals surface area contributed by atoms with E-state index in [1.165, 1.54) is 0 Å². The molecule has 0 bridgehead atoms. The number of aliphatic hydroxyl groups is 1. The molecule has 0 aliphatic carbocycles. The first-order chi connectivity index (χ1) is 6.75. The molecular formula is C9H15NO4. The topological polar surface area (TPSA) is 59.0 Å². The van der Waals surface area contributed by atoms with E-state index in [9.17, 15) is 9.90 Å². The molecular weight excluding hydrogens is 186 g/mol. The lowest BCUT2D eigenvalue weighted by molar-refractivity contribution is -0.134. The number of carbonyl (C=O) groups is 1. The molecule has 2 heterocycles. The first kappa shape index (κ1) is 9.89. The predicted octanol–water partition coefficient (Wildman–Crippen LogP) is -1.00. The molecule has 5 heteroatoms. The second-order valence-electron chi connectivity index (χ2n) is 3.72. The maximum absolute atomic E-state index is 11.3. The molecule has 1 N–H and O–H groups in total. The van der Waals surface area contributed by atoms with Crippen molar-refractivity contribution < 1.29 is 19.4 Å². The number of amides is 1. The van der Waals surface area contributed by atoms with Crippen molar-refractivity contribution in [3.63, 3.8) is 0 Å². The van der Waals surface area contributed by atoms with E-state index in [1.54, 1.807) is 4.90 Å². The average Bonchev–Trinajstić information content (AvgIpc) is 2.47. The van der Waals surface area contributed by atoms with Crippen LogP contribution in [-0.2, 0) is 14.3 Å². The van der Waals surface area contributed by atoms with Gasteiger partial charge in [0.25, 0.3) is 0 Å². The molecule has 1 amide bonds. The highest BCUT2D eigenvalue weighted by atomic mass is 16.6. The first-order valence-electron chi connectivity index (χ1n) is 4.91. The zero-order chi connectivity index (χ0) is 9.97. The lowest BCUT2D eigenvalue weighted by Crippen LogP contribution is -2.40. The Kier molecular flexibility index (Phi) is 3.00. The van der Waals surface area contributed by atoms with Gasteiger partial charge in [-0.15, -0.1) is 0 Å². The number of nitrogens with zero attached hydrogens (tertiary/aromatic N) is 1. The smallest absolute Gasteiger partial charge is 0.225 e. The predicted molar refractivity (Wildman–Crippen MR) is 47.8 cm³/mol. The van der Waals surface area contributed by atoms with E-state index >= 15 is 0 Å². The Hall–Kier alpha value is -0.650. The lowest BCUT2D eigenvalue weighted by atomic mass is 10.3. The summed E-state index contributed by atoms with van der Waals surface area (Å²) < 4.78 is 10.7. The van der Waals surface area contributed by atoms with Crippen LogP contribution in [-0.4, -0.2) is 61.0 Å². The number of carbonyl (C=O) groups excluding carboxylic acids is 1. The third-order valence-electron chi connectivity index (χ3n) is 2.50. The second-order valence-corrected chi connectivity index (χ2v) is 3.72. The molecule has 80 valence electrons. The van der Waals surface area contributed by atoms with E-state index in [4.69, 9.17) is 9.47 Å². The highest BCUT2D eigenvalue weighted by Gasteiger charge is 2.30. The van der Waals surface area contributed by atoms with Gasteiger partial charge in [-0.25, -0.2) is 0 Å². The zero-order valence-corrected chi connectivity index (χ0v) is 8.02. The molecule has 0 aromatic carbocycles. The van der Waals surface area contributed by atoms with Crippen LogP contribution in [0.4, 0.5) is 0 Å². The molecule has 0 saturated carbocycles. The van der Waals surface area contributed by atoms with Crippen LogP contribution in [0.2, 0.25) is 0 Å². The van der Waals surface area contributed by atoms with Crippen LogP contribution in [0.1, 0.15) is 6.42 Å². The normalized spacial score (nSPS) is 33.8. The SMILES string of the molecule is O=C1CC(O)CN1CC1COCCO1. The minimum Gasteiger partial charge on any atom is -0.391 e. The van der Waals surface area contributed by atoms with Crippen molar-refractivity contribution in [2.75, 3.05) is 32.9 Å². The molecule has 2 saturated heterocycles. The van der Waals surface area contributed by atoms with Gasteiger partial charge in [-0.3, -0.25) is 4.79 Å². The standard InChI is InChI=1S/C9H15NO4/c11-7-3-9(12)10(4-7)5-8-6-13-1-2-14-8/h7-8,11H,1-6H2. The molecule has 2 atom stereocenters. The number of likely N-dealkylation sites (tertiary alicyclic amines) is 1. The van der Waals surface area contributed by atoms with Crippen molar-refractivity contribution in [3.05, 3.63) is 0 Å². The molecule has 14 heavy (non-hydrogen) atoms. The Balaban J connectivity index is 1.81. The maximum atomic E-state index is 11.3. The van der Waals surface area contributed by atoms with Gasteiger partial charge in [0.15, 0.2) is 0 Å². The van der Waals surface area contributed by atoms with Crippen LogP contribution in [0.15, 0.2) is 0 Å². The maximum Gasteiger partial charge on any atom is 0.225 e. The second kappa shape index (κ2) is 4.25. The number of rotatable bonds is 2. The summed E-state index contributed by atoms with van der Waals surface area (Å²) in [6, 6.07) is 0. The molecule has 0 radical (unpaired) electrons. The van der Waals surface area contributed by atoms with E-state index in [0.717, 1.165) is 0 Å². The molecule has 0 aromatic rings. The van der Waals surface area contributed by atoms with E-state index < -0.39 is 6.10 Å². The summed E-state index contributed by atoms with van der Waals surface area (Å²) in [4.78, 5) is 13.0. The van der Waals surface area contributed by atoms with Crippen LogP contribution in [0, 0.1) is 0 Å². The molecule has 2 fully saturated rings. The summed E-state index contributed by atoms with van der Waals surface area (Å²) in [6.45, 7) is 2.73. The molecule has 2 unspecified atom stereocenters. The molecule has 2 rings (SSSR count). The summed E-state index contributed by atoms with van der Waals surface area (Å²) >= 11 is 0. The van der Waals surface area contributed by atoms with Crippen molar-refractivity contribution in [3.8, 4) is 0 Å². The van der Waals surface area contributed by atoms with E-state index in [0.29, 0.717) is 32.9 Å². The van der Waals surface area contributed by atoms with Crippen molar-refractivity contribution in [1.82, 2.24) is 4.90 Å². The van der Waals surface area contributed by atoms with Gasteiger partial charge in [0.2, 0.25) is 5.91 Å². The fraction of sp³-hybridized carbons (Fsp3) is 0.889. The fourth-order valence-electron chi connectivity index (χ4n) is 1.82. The van der Waals surface area contributed by atoms with Crippen molar-refractivity contribution in [1.29, 1.82) is 0 Å². The third kappa shape index (κ3) is 2.23. The number of ether oxygens (including phenoxy) is 2. The molecule has 5 nitrogen and oxygen atoms in total. The number of hydrogen-bond donors (Lipinski definition) is 1. The summed E-state index contributed by atoms with van der Waals surface area (Å²) in [5, 5.41) is 9.26. The van der Waals surface area contributed by atoms with Crippen LogP contribution in [0.5, 0.6) is 0 Å². The quantitative estimate of drug-likeness (QED) is 0.622. The Bertz CT molecular complexity index is 215. The third-order valence-corrected chi connectivity index (χ3v) is 2.50. The Labute approximate surface area is 82.6 Å². The minimum atomic E-state index is -0.507. The number of β-amino-alcohol motifs (C(OH)–C–C–N with tert-alkyl or cyclic N) is 1. The average molecular weight is 201 g/mol. The minimum absolute atomic E-state index is 0.00618. The molecule has 2 aliphatic rings. The zero-order valence-electron chi connectivity index (χ0n) is 8.02. The van der Waals surface area contributed by atoms with Gasteiger partial charge >= 0.3 is 0 Å². The van der Waals surface area contributed by atoms with E-state index in [1.807, 2.05) is 0 Å². The lowest BCUT2D eigenvalue weighted by Gasteiger charge is -2.27. The van der Waals surface area contributed by atoms with Crippen LogP contribution >= 0.6 is 0 Å². The number of hydrogen-bond acceptors (Lipinski definition) is 4. The van der Waals surface area contributed by atoms with E-state index in [-0.39, 0.29) is 18.4 Å². The van der Waals surface area contributed by atoms with Crippen LogP contribution < -0.4 is 0 Å². The van der Waals surface area contributed by atoms with Gasteiger partial charge in [0, 0.05) is 13.1 Å². The largest absolute Gasteiger partial charge is 0.391 e. The van der Waals surface area contributed by atoms with Gasteiger partial charge in [-0.1, -0.05) is 0 Å². The number of aliphatic hydroxyl groups excluding tert-OH is 1. The Morgan fingerprint density at radius 1 is 1.50 bits per heavy atom. The van der Waals surface area contributed by atoms with Gasteiger partial charge in [0.05, 0.1) is 38.4 Å². The van der Waals surface area contributed by atoms with Gasteiger partial charge in [-0.2, -0.15) is 0 Å². The summed E-state index contributed by atoms with van der Waals surface area (Å²) in [5.74, 6) is 0.00618.